The van der Waals surface area contributed by atoms with Crippen molar-refractivity contribution < 1.29 is 31.8 Å². The average Bonchev–Trinajstić information content (AvgIpc) is 3.40. The molecular weight excluding hydrogens is 500 g/mol. The quantitative estimate of drug-likeness (QED) is 0.209. The normalized spacial score (nSPS) is 11.4. The topological polar surface area (TPSA) is 166 Å². The van der Waals surface area contributed by atoms with Crippen LogP contribution in [-0.2, 0) is 10.1 Å². The molecule has 4 aromatic rings. The van der Waals surface area contributed by atoms with E-state index in [1.54, 1.807) is 16.7 Å². The molecule has 0 fully saturated rings. The number of imidazole rings is 1. The molecule has 2 aromatic heterocycles. The highest BCUT2D eigenvalue weighted by molar-refractivity contribution is 7.87. The molecule has 12 nitrogen and oxygen atoms in total. The summed E-state index contributed by atoms with van der Waals surface area (Å²) in [6.45, 7) is 1.40. The first-order valence-corrected chi connectivity index (χ1v) is 12.0. The van der Waals surface area contributed by atoms with E-state index in [-0.39, 0.29) is 16.2 Å². The predicted molar refractivity (Wildman–Crippen MR) is 126 cm³/mol. The number of methoxy groups -OCH3 is 2. The molecule has 0 unspecified atom stereocenters. The number of carbonyl (C=O) groups is 1. The van der Waals surface area contributed by atoms with Crippen molar-refractivity contribution in [2.45, 2.75) is 11.8 Å². The number of ether oxygens (including phenoxy) is 2. The van der Waals surface area contributed by atoms with Crippen LogP contribution in [0.3, 0.4) is 0 Å². The molecule has 35 heavy (non-hydrogen) atoms. The maximum absolute atomic E-state index is 13.0. The summed E-state index contributed by atoms with van der Waals surface area (Å²) in [6.07, 6.45) is 1.46. The summed E-state index contributed by atoms with van der Waals surface area (Å²) in [6, 6.07) is 8.43. The molecule has 1 amide bonds. The van der Waals surface area contributed by atoms with E-state index in [9.17, 15) is 23.3 Å². The number of primary amides is 1. The van der Waals surface area contributed by atoms with Gasteiger partial charge in [0.2, 0.25) is 0 Å². The third kappa shape index (κ3) is 4.24. The lowest BCUT2D eigenvalue weighted by molar-refractivity contribution is -0.388. The molecule has 2 aromatic carbocycles. The van der Waals surface area contributed by atoms with Crippen LogP contribution >= 0.6 is 11.3 Å². The van der Waals surface area contributed by atoms with Crippen molar-refractivity contribution >= 4 is 44.1 Å². The number of fused-ring (bicyclic) bond motifs is 1. The monoisotopic (exact) mass is 518 g/mol. The summed E-state index contributed by atoms with van der Waals surface area (Å²) in [5, 5.41) is 11.8. The third-order valence-corrected chi connectivity index (χ3v) is 7.45. The number of hydrogen-bond donors (Lipinski definition) is 1. The fourth-order valence-electron chi connectivity index (χ4n) is 3.46. The smallest absolute Gasteiger partial charge is 0.346 e. The van der Waals surface area contributed by atoms with Crippen LogP contribution in [0.1, 0.15) is 15.2 Å². The van der Waals surface area contributed by atoms with Crippen LogP contribution in [0.15, 0.2) is 47.6 Å². The van der Waals surface area contributed by atoms with Crippen LogP contribution in [0.4, 0.5) is 5.69 Å². The highest BCUT2D eigenvalue weighted by atomic mass is 32.2. The van der Waals surface area contributed by atoms with Crippen molar-refractivity contribution in [3.8, 4) is 22.2 Å². The second-order valence-electron chi connectivity index (χ2n) is 7.17. The molecule has 0 aliphatic rings. The van der Waals surface area contributed by atoms with Gasteiger partial charge in [-0.3, -0.25) is 19.5 Å². The summed E-state index contributed by atoms with van der Waals surface area (Å²) in [4.78, 5) is 26.2. The lowest BCUT2D eigenvalue weighted by Gasteiger charge is -2.08. The van der Waals surface area contributed by atoms with Gasteiger partial charge < -0.3 is 19.4 Å². The highest BCUT2D eigenvalue weighted by Gasteiger charge is 2.31. The van der Waals surface area contributed by atoms with Gasteiger partial charge in [0, 0.05) is 23.8 Å². The summed E-state index contributed by atoms with van der Waals surface area (Å²) in [5.41, 5.74) is 6.09. The van der Waals surface area contributed by atoms with Gasteiger partial charge in [-0.05, 0) is 13.0 Å². The zero-order chi connectivity index (χ0) is 25.5. The minimum absolute atomic E-state index is 0.134. The van der Waals surface area contributed by atoms with Gasteiger partial charge in [0.1, 0.15) is 16.2 Å². The molecule has 0 radical (unpaired) electrons. The molecule has 2 heterocycles. The Morgan fingerprint density at radius 1 is 1.14 bits per heavy atom. The molecule has 4 rings (SSSR count). The summed E-state index contributed by atoms with van der Waals surface area (Å²) >= 11 is 0.866. The fourth-order valence-corrected chi connectivity index (χ4v) is 5.61. The van der Waals surface area contributed by atoms with Crippen LogP contribution in [0.5, 0.6) is 17.2 Å². The molecule has 0 bridgehead atoms. The Morgan fingerprint density at radius 3 is 2.46 bits per heavy atom. The molecule has 0 aliphatic heterocycles. The number of nitrogens with zero attached hydrogens (tertiary/aromatic N) is 3. The number of nitrogens with two attached hydrogens (primary N) is 1. The van der Waals surface area contributed by atoms with E-state index in [1.807, 2.05) is 0 Å². The van der Waals surface area contributed by atoms with Gasteiger partial charge in [-0.1, -0.05) is 12.1 Å². The fraction of sp³-hybridized carbons (Fsp3) is 0.143. The summed E-state index contributed by atoms with van der Waals surface area (Å²) in [7, 11) is -1.73. The third-order valence-electron chi connectivity index (χ3n) is 5.05. The molecule has 0 saturated carbocycles. The van der Waals surface area contributed by atoms with Crippen LogP contribution in [0, 0.1) is 17.0 Å². The second kappa shape index (κ2) is 8.88. The Labute approximate surface area is 202 Å². The van der Waals surface area contributed by atoms with Crippen LogP contribution in [0.25, 0.3) is 16.0 Å². The molecule has 14 heteroatoms. The average molecular weight is 519 g/mol. The van der Waals surface area contributed by atoms with Crippen molar-refractivity contribution in [3.05, 3.63) is 63.3 Å². The van der Waals surface area contributed by atoms with Crippen LogP contribution in [0.2, 0.25) is 0 Å². The van der Waals surface area contributed by atoms with Crippen LogP contribution < -0.4 is 19.4 Å². The number of aromatic nitrogens is 2. The number of benzene rings is 2. The van der Waals surface area contributed by atoms with Crippen molar-refractivity contribution in [2.75, 3.05) is 14.2 Å². The maximum Gasteiger partial charge on any atom is 0.346 e. The summed E-state index contributed by atoms with van der Waals surface area (Å²) < 4.78 is 43.4. The number of rotatable bonds is 8. The van der Waals surface area contributed by atoms with Gasteiger partial charge in [-0.2, -0.15) is 8.42 Å². The number of para-hydroxylation sites is 1. The number of nitro benzene ring substituents is 1. The standard InChI is InChI=1S/C21H18N4O8S2/c1-11-5-4-6-17(19(11)25(27)28)35(29,30)33-16-9-18(34-20(16)21(22)26)24-10-23-12-7-14(31-2)15(32-3)8-13(12)24/h4-10H,1-3H3,(H2,22,26). The second-order valence-corrected chi connectivity index (χ2v) is 9.71. The number of carbonyl (C=O) groups excluding carboxylic acids is 1. The number of amides is 1. The Hall–Kier alpha value is -4.17. The van der Waals surface area contributed by atoms with E-state index < -0.39 is 31.5 Å². The molecule has 182 valence electrons. The first-order valence-electron chi connectivity index (χ1n) is 9.79. The van der Waals surface area contributed by atoms with Gasteiger partial charge in [0.15, 0.2) is 22.1 Å². The van der Waals surface area contributed by atoms with Crippen molar-refractivity contribution in [1.29, 1.82) is 0 Å². The Morgan fingerprint density at radius 2 is 1.83 bits per heavy atom. The van der Waals surface area contributed by atoms with Gasteiger partial charge >= 0.3 is 10.1 Å². The molecule has 0 atom stereocenters. The predicted octanol–water partition coefficient (Wildman–Crippen LogP) is 3.19. The van der Waals surface area contributed by atoms with Gasteiger partial charge in [0.05, 0.1) is 30.2 Å². The molecule has 0 saturated heterocycles. The van der Waals surface area contributed by atoms with Crippen molar-refractivity contribution in [1.82, 2.24) is 9.55 Å². The Balaban J connectivity index is 1.82. The van der Waals surface area contributed by atoms with Crippen LogP contribution in [-0.4, -0.2) is 43.0 Å². The molecular formula is C21H18N4O8S2. The largest absolute Gasteiger partial charge is 0.493 e. The van der Waals surface area contributed by atoms with Crippen molar-refractivity contribution in [3.63, 3.8) is 0 Å². The Bertz CT molecular complexity index is 1590. The van der Waals surface area contributed by atoms with Crippen molar-refractivity contribution in [2.24, 2.45) is 5.73 Å². The zero-order valence-electron chi connectivity index (χ0n) is 18.5. The number of thiophene rings is 1. The SMILES string of the molecule is COc1cc2ncn(-c3cc(OS(=O)(=O)c4cccc(C)c4[N+](=O)[O-])c(C(N)=O)s3)c2cc1OC. The first kappa shape index (κ1) is 24.0. The molecule has 0 spiro atoms. The lowest BCUT2D eigenvalue weighted by Crippen LogP contribution is -2.15. The van der Waals surface area contributed by atoms with E-state index in [0.717, 1.165) is 17.4 Å². The number of nitro groups is 1. The van der Waals surface area contributed by atoms with Gasteiger partial charge in [0.25, 0.3) is 11.6 Å². The van der Waals surface area contributed by atoms with E-state index in [4.69, 9.17) is 19.4 Å². The highest BCUT2D eigenvalue weighted by Crippen LogP contribution is 2.38. The minimum atomic E-state index is -4.69. The first-order chi connectivity index (χ1) is 16.6. The van der Waals surface area contributed by atoms with E-state index in [1.165, 1.54) is 45.7 Å². The van der Waals surface area contributed by atoms with E-state index in [0.29, 0.717) is 27.5 Å². The molecule has 2 N–H and O–H groups in total. The number of hydrogen-bond acceptors (Lipinski definition) is 10. The van der Waals surface area contributed by atoms with E-state index in [2.05, 4.69) is 4.98 Å². The Kier molecular flexibility index (Phi) is 6.08. The zero-order valence-corrected chi connectivity index (χ0v) is 20.2. The van der Waals surface area contributed by atoms with Gasteiger partial charge in [-0.15, -0.1) is 11.3 Å². The maximum atomic E-state index is 13.0. The van der Waals surface area contributed by atoms with E-state index >= 15 is 0 Å². The van der Waals surface area contributed by atoms with Gasteiger partial charge in [-0.25, -0.2) is 4.98 Å². The summed E-state index contributed by atoms with van der Waals surface area (Å²) in [5.74, 6) is -0.409. The number of aryl methyl sites for hydroxylation is 1. The lowest BCUT2D eigenvalue weighted by atomic mass is 10.2. The minimum Gasteiger partial charge on any atom is -0.493 e. The molecule has 0 aliphatic carbocycles.